The number of pyridine rings is 1. The first-order valence-electron chi connectivity index (χ1n) is 8.90. The number of hydrogen-bond acceptors (Lipinski definition) is 5. The van der Waals surface area contributed by atoms with E-state index < -0.39 is 0 Å². The van der Waals surface area contributed by atoms with Crippen molar-refractivity contribution in [1.29, 1.82) is 0 Å². The molecule has 25 heavy (non-hydrogen) atoms. The Morgan fingerprint density at radius 1 is 1.32 bits per heavy atom. The van der Waals surface area contributed by atoms with Gasteiger partial charge in [-0.2, -0.15) is 0 Å². The van der Waals surface area contributed by atoms with Gasteiger partial charge in [-0.3, -0.25) is 4.90 Å². The minimum atomic E-state index is -0.0341. The lowest BCUT2D eigenvalue weighted by molar-refractivity contribution is -0.0309. The van der Waals surface area contributed by atoms with E-state index in [0.717, 1.165) is 38.5 Å². The van der Waals surface area contributed by atoms with Crippen molar-refractivity contribution in [3.8, 4) is 0 Å². The molecule has 7 heteroatoms. The van der Waals surface area contributed by atoms with Crippen molar-refractivity contribution in [3.63, 3.8) is 0 Å². The molecular formula is C18H27N5O2. The number of nitrogens with one attached hydrogen (secondary N) is 1. The Morgan fingerprint density at radius 2 is 2.16 bits per heavy atom. The Hall–Kier alpha value is -2.12. The van der Waals surface area contributed by atoms with Crippen LogP contribution in [0.4, 0.5) is 10.6 Å². The smallest absolute Gasteiger partial charge is 0.317 e. The topological polar surface area (TPSA) is 60.9 Å². The van der Waals surface area contributed by atoms with Gasteiger partial charge in [0, 0.05) is 58.6 Å². The number of anilines is 1. The summed E-state index contributed by atoms with van der Waals surface area (Å²) in [6.07, 6.45) is 3.60. The highest BCUT2D eigenvalue weighted by Gasteiger charge is 2.27. The first kappa shape index (κ1) is 17.7. The summed E-state index contributed by atoms with van der Waals surface area (Å²) in [5.74, 6) is 1.04. The van der Waals surface area contributed by atoms with E-state index in [9.17, 15) is 4.79 Å². The van der Waals surface area contributed by atoms with Crippen LogP contribution in [0.25, 0.3) is 0 Å². The molecule has 2 aliphatic heterocycles. The van der Waals surface area contributed by atoms with E-state index in [0.29, 0.717) is 26.2 Å². The molecule has 0 unspecified atom stereocenters. The zero-order chi connectivity index (χ0) is 17.5. The summed E-state index contributed by atoms with van der Waals surface area (Å²) in [6.45, 7) is 10.8. The zero-order valence-corrected chi connectivity index (χ0v) is 14.6. The third-order valence-electron chi connectivity index (χ3n) is 4.63. The fourth-order valence-corrected chi connectivity index (χ4v) is 3.27. The lowest BCUT2D eigenvalue weighted by Gasteiger charge is -2.39. The summed E-state index contributed by atoms with van der Waals surface area (Å²) in [7, 11) is 0. The van der Waals surface area contributed by atoms with E-state index in [1.165, 1.54) is 0 Å². The van der Waals surface area contributed by atoms with Crippen LogP contribution in [0.3, 0.4) is 0 Å². The van der Waals surface area contributed by atoms with Crippen molar-refractivity contribution < 1.29 is 9.53 Å². The first-order chi connectivity index (χ1) is 12.3. The van der Waals surface area contributed by atoms with Gasteiger partial charge in [0.1, 0.15) is 5.82 Å². The molecule has 0 radical (unpaired) electrons. The van der Waals surface area contributed by atoms with Gasteiger partial charge in [0.25, 0.3) is 0 Å². The van der Waals surface area contributed by atoms with Crippen LogP contribution in [-0.2, 0) is 4.74 Å². The molecule has 2 saturated heterocycles. The summed E-state index contributed by atoms with van der Waals surface area (Å²) in [5, 5.41) is 2.84. The Morgan fingerprint density at radius 3 is 2.88 bits per heavy atom. The molecule has 2 fully saturated rings. The van der Waals surface area contributed by atoms with Crippen molar-refractivity contribution in [2.24, 2.45) is 0 Å². The lowest BCUT2D eigenvalue weighted by Crippen LogP contribution is -2.55. The van der Waals surface area contributed by atoms with E-state index in [-0.39, 0.29) is 12.1 Å². The summed E-state index contributed by atoms with van der Waals surface area (Å²) in [5.41, 5.74) is 0. The average molecular weight is 345 g/mol. The summed E-state index contributed by atoms with van der Waals surface area (Å²) in [4.78, 5) is 23.1. The van der Waals surface area contributed by atoms with Gasteiger partial charge in [0.15, 0.2) is 0 Å². The van der Waals surface area contributed by atoms with Crippen LogP contribution in [0.2, 0.25) is 0 Å². The number of amides is 2. The minimum Gasteiger partial charge on any atom is -0.373 e. The van der Waals surface area contributed by atoms with E-state index in [4.69, 9.17) is 4.74 Å². The lowest BCUT2D eigenvalue weighted by atomic mass is 10.2. The van der Waals surface area contributed by atoms with Crippen molar-refractivity contribution >= 4 is 11.8 Å². The number of carbonyl (C=O) groups is 1. The number of carbonyl (C=O) groups excluding carboxylic acids is 1. The Bertz CT molecular complexity index is 560. The van der Waals surface area contributed by atoms with E-state index in [2.05, 4.69) is 32.7 Å². The van der Waals surface area contributed by atoms with Gasteiger partial charge < -0.3 is 19.9 Å². The molecule has 2 amide bonds. The van der Waals surface area contributed by atoms with E-state index >= 15 is 0 Å². The molecule has 2 aliphatic rings. The molecule has 1 aromatic heterocycles. The predicted octanol–water partition coefficient (Wildman–Crippen LogP) is 0.800. The Kier molecular flexibility index (Phi) is 6.25. The molecule has 3 heterocycles. The van der Waals surface area contributed by atoms with Crippen LogP contribution in [0.15, 0.2) is 37.1 Å². The second-order valence-electron chi connectivity index (χ2n) is 6.39. The van der Waals surface area contributed by atoms with Crippen LogP contribution in [0.1, 0.15) is 0 Å². The molecule has 7 nitrogen and oxygen atoms in total. The maximum atomic E-state index is 12.1. The predicted molar refractivity (Wildman–Crippen MR) is 97.8 cm³/mol. The van der Waals surface area contributed by atoms with Crippen molar-refractivity contribution in [2.75, 3.05) is 63.9 Å². The van der Waals surface area contributed by atoms with Gasteiger partial charge in [0.05, 0.1) is 12.7 Å². The molecule has 3 rings (SSSR count). The standard InChI is InChI=1S/C18H27N5O2/c1-2-6-20-18(24)23-12-13-25-16(15-23)14-21-8-10-22(11-9-21)17-5-3-4-7-19-17/h2-5,7,16H,1,6,8-15H2,(H,20,24)/t16-/m1/s1. The molecular weight excluding hydrogens is 318 g/mol. The molecule has 1 atom stereocenters. The van der Waals surface area contributed by atoms with Crippen LogP contribution < -0.4 is 10.2 Å². The number of rotatable bonds is 5. The van der Waals surface area contributed by atoms with Gasteiger partial charge in [-0.1, -0.05) is 12.1 Å². The van der Waals surface area contributed by atoms with Gasteiger partial charge in [-0.15, -0.1) is 6.58 Å². The SMILES string of the molecule is C=CCNC(=O)N1CCO[C@H](CN2CCN(c3ccccn3)CC2)C1. The molecule has 1 aromatic rings. The zero-order valence-electron chi connectivity index (χ0n) is 14.6. The maximum absolute atomic E-state index is 12.1. The van der Waals surface area contributed by atoms with Crippen molar-refractivity contribution in [1.82, 2.24) is 20.1 Å². The van der Waals surface area contributed by atoms with Gasteiger partial charge >= 0.3 is 6.03 Å². The van der Waals surface area contributed by atoms with Crippen LogP contribution in [-0.4, -0.2) is 85.9 Å². The van der Waals surface area contributed by atoms with Crippen molar-refractivity contribution in [3.05, 3.63) is 37.1 Å². The number of piperazine rings is 1. The summed E-state index contributed by atoms with van der Waals surface area (Å²) in [6, 6.07) is 5.99. The number of nitrogens with zero attached hydrogens (tertiary/aromatic N) is 4. The maximum Gasteiger partial charge on any atom is 0.317 e. The van der Waals surface area contributed by atoms with E-state index in [1.54, 1.807) is 6.08 Å². The van der Waals surface area contributed by atoms with Gasteiger partial charge in [-0.05, 0) is 12.1 Å². The minimum absolute atomic E-state index is 0.0341. The highest BCUT2D eigenvalue weighted by atomic mass is 16.5. The summed E-state index contributed by atoms with van der Waals surface area (Å²) < 4.78 is 5.87. The highest BCUT2D eigenvalue weighted by molar-refractivity contribution is 5.74. The Balaban J connectivity index is 1.44. The van der Waals surface area contributed by atoms with Crippen LogP contribution in [0, 0.1) is 0 Å². The average Bonchev–Trinajstić information content (AvgIpc) is 2.67. The molecule has 136 valence electrons. The van der Waals surface area contributed by atoms with Crippen LogP contribution in [0.5, 0.6) is 0 Å². The third-order valence-corrected chi connectivity index (χ3v) is 4.63. The number of ether oxygens (including phenoxy) is 1. The molecule has 0 aromatic carbocycles. The van der Waals surface area contributed by atoms with E-state index in [1.807, 2.05) is 23.2 Å². The van der Waals surface area contributed by atoms with Gasteiger partial charge in [0.2, 0.25) is 0 Å². The fraction of sp³-hybridized carbons (Fsp3) is 0.556. The molecule has 0 bridgehead atoms. The highest BCUT2D eigenvalue weighted by Crippen LogP contribution is 2.14. The second kappa shape index (κ2) is 8.82. The second-order valence-corrected chi connectivity index (χ2v) is 6.39. The molecule has 0 saturated carbocycles. The largest absolute Gasteiger partial charge is 0.373 e. The number of urea groups is 1. The number of aromatic nitrogens is 1. The fourth-order valence-electron chi connectivity index (χ4n) is 3.27. The number of hydrogen-bond donors (Lipinski definition) is 1. The molecule has 0 aliphatic carbocycles. The monoisotopic (exact) mass is 345 g/mol. The third kappa shape index (κ3) is 4.93. The van der Waals surface area contributed by atoms with Crippen molar-refractivity contribution in [2.45, 2.75) is 6.10 Å². The Labute approximate surface area is 149 Å². The first-order valence-corrected chi connectivity index (χ1v) is 8.90. The number of morpholine rings is 1. The molecule has 1 N–H and O–H groups in total. The summed E-state index contributed by atoms with van der Waals surface area (Å²) >= 11 is 0. The van der Waals surface area contributed by atoms with Gasteiger partial charge in [-0.25, -0.2) is 9.78 Å². The normalized spacial score (nSPS) is 21.8. The molecule has 0 spiro atoms. The quantitative estimate of drug-likeness (QED) is 0.800. The van der Waals surface area contributed by atoms with Crippen LogP contribution >= 0.6 is 0 Å².